The molecule has 0 fully saturated rings. The molecule has 128 valence electrons. The van der Waals surface area contributed by atoms with Crippen molar-refractivity contribution in [1.82, 2.24) is 10.7 Å². The van der Waals surface area contributed by atoms with E-state index in [1.165, 1.54) is 6.21 Å². The van der Waals surface area contributed by atoms with Gasteiger partial charge in [0, 0.05) is 10.0 Å². The monoisotopic (exact) mass is 399 g/mol. The molecule has 0 heterocycles. The summed E-state index contributed by atoms with van der Waals surface area (Å²) in [6.45, 7) is 3.50. The molecule has 0 radical (unpaired) electrons. The van der Waals surface area contributed by atoms with Crippen molar-refractivity contribution in [2.75, 3.05) is 0 Å². The van der Waals surface area contributed by atoms with Gasteiger partial charge in [-0.05, 0) is 49.2 Å². The number of carbonyl (C=O) groups excluding carboxylic acids is 2. The fraction of sp³-hybridized carbons (Fsp3) is 0.105. The average Bonchev–Trinajstić information content (AvgIpc) is 2.60. The smallest absolute Gasteiger partial charge is 0.287 e. The molecule has 0 saturated carbocycles. The lowest BCUT2D eigenvalue weighted by molar-refractivity contribution is -0.117. The number of benzene rings is 2. The molecule has 0 unspecified atom stereocenters. The van der Waals surface area contributed by atoms with Crippen LogP contribution in [0.25, 0.3) is 0 Å². The van der Waals surface area contributed by atoms with E-state index in [1.54, 1.807) is 38.1 Å². The van der Waals surface area contributed by atoms with Gasteiger partial charge in [-0.1, -0.05) is 46.3 Å². The second-order valence-corrected chi connectivity index (χ2v) is 6.36. The number of allylic oxidation sites excluding steroid dienone is 1. The van der Waals surface area contributed by atoms with Crippen molar-refractivity contribution < 1.29 is 9.59 Å². The van der Waals surface area contributed by atoms with E-state index < -0.39 is 5.91 Å². The molecule has 2 N–H and O–H groups in total. The van der Waals surface area contributed by atoms with Gasteiger partial charge in [0.25, 0.3) is 11.8 Å². The van der Waals surface area contributed by atoms with E-state index in [0.29, 0.717) is 11.1 Å². The first-order valence-corrected chi connectivity index (χ1v) is 8.39. The summed E-state index contributed by atoms with van der Waals surface area (Å²) >= 11 is 3.37. The quantitative estimate of drug-likeness (QED) is 0.457. The van der Waals surface area contributed by atoms with Crippen LogP contribution in [0.5, 0.6) is 0 Å². The zero-order valence-corrected chi connectivity index (χ0v) is 15.5. The first kappa shape index (κ1) is 18.6. The largest absolute Gasteiger partial charge is 0.317 e. The van der Waals surface area contributed by atoms with Crippen LogP contribution in [0.1, 0.15) is 29.8 Å². The van der Waals surface area contributed by atoms with Crippen molar-refractivity contribution in [2.45, 2.75) is 13.8 Å². The molecule has 25 heavy (non-hydrogen) atoms. The molecule has 0 aliphatic rings. The highest BCUT2D eigenvalue weighted by Gasteiger charge is 2.15. The van der Waals surface area contributed by atoms with Crippen molar-refractivity contribution in [1.29, 1.82) is 0 Å². The maximum atomic E-state index is 12.3. The van der Waals surface area contributed by atoms with Gasteiger partial charge >= 0.3 is 0 Å². The van der Waals surface area contributed by atoms with Crippen LogP contribution >= 0.6 is 15.9 Å². The lowest BCUT2D eigenvalue weighted by Crippen LogP contribution is -2.33. The Morgan fingerprint density at radius 3 is 2.40 bits per heavy atom. The van der Waals surface area contributed by atoms with E-state index >= 15 is 0 Å². The Morgan fingerprint density at radius 1 is 1.04 bits per heavy atom. The highest BCUT2D eigenvalue weighted by Crippen LogP contribution is 2.10. The normalized spacial score (nSPS) is 10.4. The summed E-state index contributed by atoms with van der Waals surface area (Å²) < 4.78 is 0.919. The number of hydrogen-bond donors (Lipinski definition) is 2. The topological polar surface area (TPSA) is 70.6 Å². The van der Waals surface area contributed by atoms with E-state index in [4.69, 9.17) is 0 Å². The molecular formula is C19H18BrN3O2. The minimum atomic E-state index is -0.476. The van der Waals surface area contributed by atoms with Crippen LogP contribution in [0, 0.1) is 0 Å². The van der Waals surface area contributed by atoms with Gasteiger partial charge < -0.3 is 5.32 Å². The van der Waals surface area contributed by atoms with Gasteiger partial charge in [-0.15, -0.1) is 0 Å². The summed E-state index contributed by atoms with van der Waals surface area (Å²) in [6.07, 6.45) is 1.53. The number of hydrazone groups is 1. The number of halogens is 1. The number of hydrogen-bond acceptors (Lipinski definition) is 3. The fourth-order valence-electron chi connectivity index (χ4n) is 1.99. The molecule has 0 aliphatic heterocycles. The minimum absolute atomic E-state index is 0.181. The molecule has 0 saturated heterocycles. The predicted octanol–water partition coefficient (Wildman–Crippen LogP) is 3.62. The minimum Gasteiger partial charge on any atom is -0.317 e. The van der Waals surface area contributed by atoms with E-state index in [0.717, 1.165) is 10.0 Å². The highest BCUT2D eigenvalue weighted by atomic mass is 79.9. The van der Waals surface area contributed by atoms with Gasteiger partial charge in [0.2, 0.25) is 0 Å². The summed E-state index contributed by atoms with van der Waals surface area (Å²) in [5.74, 6) is -0.821. The van der Waals surface area contributed by atoms with Gasteiger partial charge in [0.15, 0.2) is 0 Å². The molecule has 0 aromatic heterocycles. The molecule has 2 rings (SSSR count). The van der Waals surface area contributed by atoms with Crippen molar-refractivity contribution >= 4 is 34.0 Å². The lowest BCUT2D eigenvalue weighted by Gasteiger charge is -2.10. The van der Waals surface area contributed by atoms with Crippen molar-refractivity contribution in [3.8, 4) is 0 Å². The van der Waals surface area contributed by atoms with Crippen LogP contribution in [0.4, 0.5) is 0 Å². The predicted molar refractivity (Wildman–Crippen MR) is 102 cm³/mol. The molecule has 2 amide bonds. The van der Waals surface area contributed by atoms with Gasteiger partial charge in [-0.3, -0.25) is 9.59 Å². The zero-order valence-electron chi connectivity index (χ0n) is 13.9. The summed E-state index contributed by atoms with van der Waals surface area (Å²) in [5, 5.41) is 6.57. The van der Waals surface area contributed by atoms with E-state index in [9.17, 15) is 9.59 Å². The van der Waals surface area contributed by atoms with Gasteiger partial charge in [-0.25, -0.2) is 5.43 Å². The third-order valence-electron chi connectivity index (χ3n) is 3.23. The van der Waals surface area contributed by atoms with E-state index in [-0.39, 0.29) is 11.6 Å². The van der Waals surface area contributed by atoms with Crippen LogP contribution in [0.3, 0.4) is 0 Å². The first-order valence-electron chi connectivity index (χ1n) is 7.60. The average molecular weight is 400 g/mol. The molecule has 0 spiro atoms. The summed E-state index contributed by atoms with van der Waals surface area (Å²) in [6, 6.07) is 16.2. The molecule has 5 nitrogen and oxygen atoms in total. The van der Waals surface area contributed by atoms with Crippen LogP contribution in [-0.4, -0.2) is 18.0 Å². The Hall–Kier alpha value is -2.73. The van der Waals surface area contributed by atoms with Crippen LogP contribution in [0.2, 0.25) is 0 Å². The first-order chi connectivity index (χ1) is 12.0. The standard InChI is InChI=1S/C19H18BrN3O2/c1-13(2)17(22-18(24)15-8-4-3-5-9-15)19(25)23-21-12-14-7-6-10-16(20)11-14/h3-12H,1-2H3,(H,22,24)(H,23,25). The third-order valence-corrected chi connectivity index (χ3v) is 3.72. The summed E-state index contributed by atoms with van der Waals surface area (Å²) in [5.41, 5.74) is 4.61. The van der Waals surface area contributed by atoms with Gasteiger partial charge in [0.1, 0.15) is 5.70 Å². The number of amides is 2. The fourth-order valence-corrected chi connectivity index (χ4v) is 2.41. The molecule has 0 aliphatic carbocycles. The number of rotatable bonds is 5. The Morgan fingerprint density at radius 2 is 1.76 bits per heavy atom. The number of nitrogens with zero attached hydrogens (tertiary/aromatic N) is 1. The van der Waals surface area contributed by atoms with Crippen molar-refractivity contribution in [2.24, 2.45) is 5.10 Å². The maximum absolute atomic E-state index is 12.3. The van der Waals surface area contributed by atoms with Gasteiger partial charge in [-0.2, -0.15) is 5.10 Å². The lowest BCUT2D eigenvalue weighted by atomic mass is 10.2. The third kappa shape index (κ3) is 5.69. The Balaban J connectivity index is 2.04. The second kappa shape index (κ2) is 8.94. The Labute approximate surface area is 155 Å². The zero-order chi connectivity index (χ0) is 18.2. The molecule has 6 heteroatoms. The van der Waals surface area contributed by atoms with Crippen LogP contribution < -0.4 is 10.7 Å². The van der Waals surface area contributed by atoms with Crippen molar-refractivity contribution in [3.63, 3.8) is 0 Å². The molecular weight excluding hydrogens is 382 g/mol. The Bertz CT molecular complexity index is 826. The van der Waals surface area contributed by atoms with Crippen LogP contribution in [-0.2, 0) is 4.79 Å². The Kier molecular flexibility index (Phi) is 6.65. The summed E-state index contributed by atoms with van der Waals surface area (Å²) in [4.78, 5) is 24.5. The van der Waals surface area contributed by atoms with E-state index in [1.807, 2.05) is 30.3 Å². The van der Waals surface area contributed by atoms with E-state index in [2.05, 4.69) is 31.8 Å². The molecule has 0 atom stereocenters. The summed E-state index contributed by atoms with van der Waals surface area (Å²) in [7, 11) is 0. The van der Waals surface area contributed by atoms with Crippen molar-refractivity contribution in [3.05, 3.63) is 81.5 Å². The SMILES string of the molecule is CC(C)=C(NC(=O)c1ccccc1)C(=O)NN=Cc1cccc(Br)c1. The second-order valence-electron chi connectivity index (χ2n) is 5.45. The highest BCUT2D eigenvalue weighted by molar-refractivity contribution is 9.10. The van der Waals surface area contributed by atoms with Crippen LogP contribution in [0.15, 0.2) is 75.4 Å². The number of carbonyl (C=O) groups is 2. The molecule has 0 bridgehead atoms. The molecule has 2 aromatic rings. The molecule has 2 aromatic carbocycles. The number of nitrogens with one attached hydrogen (secondary N) is 2. The van der Waals surface area contributed by atoms with Gasteiger partial charge in [0.05, 0.1) is 6.21 Å². The maximum Gasteiger partial charge on any atom is 0.287 e.